The van der Waals surface area contributed by atoms with Gasteiger partial charge in [-0.05, 0) is 30.5 Å². The first kappa shape index (κ1) is 14.0. The van der Waals surface area contributed by atoms with Crippen molar-refractivity contribution in [3.8, 4) is 0 Å². The molecule has 1 aliphatic rings. The zero-order valence-corrected chi connectivity index (χ0v) is 11.3. The van der Waals surface area contributed by atoms with E-state index in [2.05, 4.69) is 29.2 Å². The SMILES string of the molecule is COCc1ccc(CN2CCCC2CC(=O)O)cc1. The molecule has 0 bridgehead atoms. The number of ether oxygens (including phenoxy) is 1. The summed E-state index contributed by atoms with van der Waals surface area (Å²) in [7, 11) is 1.69. The molecule has 1 aliphatic heterocycles. The molecule has 1 N–H and O–H groups in total. The first-order valence-electron chi connectivity index (χ1n) is 6.71. The van der Waals surface area contributed by atoms with E-state index in [1.54, 1.807) is 7.11 Å². The van der Waals surface area contributed by atoms with E-state index in [1.165, 1.54) is 5.56 Å². The lowest BCUT2D eigenvalue weighted by molar-refractivity contribution is -0.138. The quantitative estimate of drug-likeness (QED) is 0.855. The van der Waals surface area contributed by atoms with Crippen molar-refractivity contribution in [1.82, 2.24) is 4.90 Å². The fourth-order valence-electron chi connectivity index (χ4n) is 2.68. The minimum Gasteiger partial charge on any atom is -0.481 e. The Morgan fingerprint density at radius 2 is 2.05 bits per heavy atom. The first-order chi connectivity index (χ1) is 9.19. The predicted octanol–water partition coefficient (Wildman–Crippen LogP) is 2.27. The third-order valence-corrected chi connectivity index (χ3v) is 3.63. The zero-order valence-electron chi connectivity index (χ0n) is 11.3. The second kappa shape index (κ2) is 6.68. The van der Waals surface area contributed by atoms with Crippen LogP contribution >= 0.6 is 0 Å². The Balaban J connectivity index is 1.94. The molecule has 0 spiro atoms. The summed E-state index contributed by atoms with van der Waals surface area (Å²) in [5, 5.41) is 8.91. The van der Waals surface area contributed by atoms with Gasteiger partial charge in [-0.1, -0.05) is 24.3 Å². The molecule has 1 aromatic rings. The normalized spacial score (nSPS) is 19.7. The molecule has 4 heteroatoms. The molecule has 0 aromatic heterocycles. The molecule has 1 heterocycles. The number of hydrogen-bond acceptors (Lipinski definition) is 3. The molecule has 0 aliphatic carbocycles. The third-order valence-electron chi connectivity index (χ3n) is 3.63. The summed E-state index contributed by atoms with van der Waals surface area (Å²) in [6.45, 7) is 2.47. The van der Waals surface area contributed by atoms with E-state index in [1.807, 2.05) is 0 Å². The predicted molar refractivity (Wildman–Crippen MR) is 72.8 cm³/mol. The number of aliphatic carboxylic acids is 1. The van der Waals surface area contributed by atoms with Crippen LogP contribution < -0.4 is 0 Å². The Kier molecular flexibility index (Phi) is 4.93. The number of methoxy groups -OCH3 is 1. The maximum atomic E-state index is 10.8. The molecule has 0 amide bonds. The molecule has 2 rings (SSSR count). The molecule has 19 heavy (non-hydrogen) atoms. The Hall–Kier alpha value is -1.39. The van der Waals surface area contributed by atoms with Crippen molar-refractivity contribution in [3.05, 3.63) is 35.4 Å². The van der Waals surface area contributed by atoms with Crippen LogP contribution in [0.2, 0.25) is 0 Å². The van der Waals surface area contributed by atoms with Crippen molar-refractivity contribution in [2.45, 2.75) is 38.5 Å². The topological polar surface area (TPSA) is 49.8 Å². The van der Waals surface area contributed by atoms with Crippen LogP contribution in [0.5, 0.6) is 0 Å². The van der Waals surface area contributed by atoms with Crippen molar-refractivity contribution in [2.24, 2.45) is 0 Å². The van der Waals surface area contributed by atoms with Gasteiger partial charge in [0, 0.05) is 19.7 Å². The molecule has 104 valence electrons. The number of nitrogens with zero attached hydrogens (tertiary/aromatic N) is 1. The van der Waals surface area contributed by atoms with Gasteiger partial charge in [-0.15, -0.1) is 0 Å². The lowest BCUT2D eigenvalue weighted by Gasteiger charge is -2.23. The molecule has 0 saturated carbocycles. The highest BCUT2D eigenvalue weighted by Crippen LogP contribution is 2.22. The summed E-state index contributed by atoms with van der Waals surface area (Å²) in [6.07, 6.45) is 2.34. The van der Waals surface area contributed by atoms with Gasteiger partial charge >= 0.3 is 5.97 Å². The standard InChI is InChI=1S/C15H21NO3/c1-19-11-13-6-4-12(5-7-13)10-16-8-2-3-14(16)9-15(17)18/h4-7,14H,2-3,8-11H2,1H3,(H,17,18). The third kappa shape index (κ3) is 4.04. The summed E-state index contributed by atoms with van der Waals surface area (Å²) in [6, 6.07) is 8.54. The van der Waals surface area contributed by atoms with Gasteiger partial charge in [0.15, 0.2) is 0 Å². The highest BCUT2D eigenvalue weighted by Gasteiger charge is 2.26. The average Bonchev–Trinajstić information content (AvgIpc) is 2.79. The van der Waals surface area contributed by atoms with Gasteiger partial charge in [0.1, 0.15) is 0 Å². The van der Waals surface area contributed by atoms with E-state index in [4.69, 9.17) is 9.84 Å². The van der Waals surface area contributed by atoms with E-state index >= 15 is 0 Å². The minimum absolute atomic E-state index is 0.191. The van der Waals surface area contributed by atoms with Gasteiger partial charge < -0.3 is 9.84 Å². The molecule has 1 saturated heterocycles. The Morgan fingerprint density at radius 1 is 1.37 bits per heavy atom. The van der Waals surface area contributed by atoms with Gasteiger partial charge in [-0.25, -0.2) is 0 Å². The van der Waals surface area contributed by atoms with E-state index in [0.717, 1.165) is 31.5 Å². The van der Waals surface area contributed by atoms with Crippen molar-refractivity contribution >= 4 is 5.97 Å². The second-order valence-electron chi connectivity index (χ2n) is 5.11. The van der Waals surface area contributed by atoms with Crippen molar-refractivity contribution in [3.63, 3.8) is 0 Å². The minimum atomic E-state index is -0.702. The number of carboxylic acid groups (broad SMARTS) is 1. The van der Waals surface area contributed by atoms with Crippen molar-refractivity contribution in [1.29, 1.82) is 0 Å². The summed E-state index contributed by atoms with van der Waals surface area (Å²) in [4.78, 5) is 13.1. The molecule has 1 atom stereocenters. The molecule has 1 aromatic carbocycles. The lowest BCUT2D eigenvalue weighted by Crippen LogP contribution is -2.30. The van der Waals surface area contributed by atoms with E-state index in [9.17, 15) is 4.79 Å². The maximum absolute atomic E-state index is 10.8. The van der Waals surface area contributed by atoms with Crippen molar-refractivity contribution in [2.75, 3.05) is 13.7 Å². The first-order valence-corrected chi connectivity index (χ1v) is 6.71. The van der Waals surface area contributed by atoms with Crippen LogP contribution in [0.15, 0.2) is 24.3 Å². The number of hydrogen-bond donors (Lipinski definition) is 1. The largest absolute Gasteiger partial charge is 0.481 e. The number of rotatable bonds is 6. The molecule has 1 fully saturated rings. The molecule has 4 nitrogen and oxygen atoms in total. The maximum Gasteiger partial charge on any atom is 0.304 e. The Labute approximate surface area is 114 Å². The molecule has 0 radical (unpaired) electrons. The van der Waals surface area contributed by atoms with Gasteiger partial charge in [-0.2, -0.15) is 0 Å². The van der Waals surface area contributed by atoms with Crippen LogP contribution in [0, 0.1) is 0 Å². The summed E-state index contributed by atoms with van der Waals surface area (Å²) >= 11 is 0. The van der Waals surface area contributed by atoms with Crippen LogP contribution in [0.4, 0.5) is 0 Å². The van der Waals surface area contributed by atoms with Crippen LogP contribution in [-0.2, 0) is 22.7 Å². The fraction of sp³-hybridized carbons (Fsp3) is 0.533. The van der Waals surface area contributed by atoms with Crippen LogP contribution in [0.1, 0.15) is 30.4 Å². The number of benzene rings is 1. The van der Waals surface area contributed by atoms with E-state index in [0.29, 0.717) is 6.61 Å². The highest BCUT2D eigenvalue weighted by molar-refractivity contribution is 5.67. The Bertz CT molecular complexity index is 416. The summed E-state index contributed by atoms with van der Waals surface area (Å²) < 4.78 is 5.09. The van der Waals surface area contributed by atoms with Crippen LogP contribution in [0.25, 0.3) is 0 Å². The van der Waals surface area contributed by atoms with Crippen molar-refractivity contribution < 1.29 is 14.6 Å². The number of likely N-dealkylation sites (tertiary alicyclic amines) is 1. The van der Waals surface area contributed by atoms with E-state index < -0.39 is 5.97 Å². The highest BCUT2D eigenvalue weighted by atomic mass is 16.5. The average molecular weight is 263 g/mol. The Morgan fingerprint density at radius 3 is 2.68 bits per heavy atom. The second-order valence-corrected chi connectivity index (χ2v) is 5.11. The van der Waals surface area contributed by atoms with Gasteiger partial charge in [0.2, 0.25) is 0 Å². The number of carboxylic acids is 1. The fourth-order valence-corrected chi connectivity index (χ4v) is 2.68. The monoisotopic (exact) mass is 263 g/mol. The van der Waals surface area contributed by atoms with Crippen LogP contribution in [0.3, 0.4) is 0 Å². The molecular formula is C15H21NO3. The van der Waals surface area contributed by atoms with Gasteiger partial charge in [-0.3, -0.25) is 9.69 Å². The summed E-state index contributed by atoms with van der Waals surface area (Å²) in [5.74, 6) is -0.702. The lowest BCUT2D eigenvalue weighted by atomic mass is 10.1. The summed E-state index contributed by atoms with van der Waals surface area (Å²) in [5.41, 5.74) is 2.40. The van der Waals surface area contributed by atoms with Crippen LogP contribution in [-0.4, -0.2) is 35.7 Å². The smallest absolute Gasteiger partial charge is 0.304 e. The molecule has 1 unspecified atom stereocenters. The number of carbonyl (C=O) groups is 1. The van der Waals surface area contributed by atoms with E-state index in [-0.39, 0.29) is 12.5 Å². The van der Waals surface area contributed by atoms with Gasteiger partial charge in [0.05, 0.1) is 13.0 Å². The molecular weight excluding hydrogens is 242 g/mol. The van der Waals surface area contributed by atoms with Gasteiger partial charge in [0.25, 0.3) is 0 Å². The zero-order chi connectivity index (χ0) is 13.7.